The summed E-state index contributed by atoms with van der Waals surface area (Å²) < 4.78 is 10.4. The van der Waals surface area contributed by atoms with Crippen molar-refractivity contribution in [2.45, 2.75) is 25.0 Å². The van der Waals surface area contributed by atoms with Gasteiger partial charge in [-0.15, -0.1) is 0 Å². The predicted octanol–water partition coefficient (Wildman–Crippen LogP) is 0.385. The predicted molar refractivity (Wildman–Crippen MR) is 43.4 cm³/mol. The first-order valence-electron chi connectivity index (χ1n) is 4.07. The summed E-state index contributed by atoms with van der Waals surface area (Å²) in [6.45, 7) is 0.623. The smallest absolute Gasteiger partial charge is 0.0723 e. The van der Waals surface area contributed by atoms with E-state index in [1.165, 1.54) is 0 Å². The number of hydrogen-bond acceptors (Lipinski definition) is 3. The Kier molecular flexibility index (Phi) is 3.30. The molecule has 1 saturated carbocycles. The highest BCUT2D eigenvalue weighted by Crippen LogP contribution is 2.32. The molecule has 1 aliphatic rings. The molecule has 3 nitrogen and oxygen atoms in total. The van der Waals surface area contributed by atoms with E-state index in [-0.39, 0.29) is 6.10 Å². The van der Waals surface area contributed by atoms with E-state index < -0.39 is 0 Å². The molecule has 0 saturated heterocycles. The Balaban J connectivity index is 2.19. The highest BCUT2D eigenvalue weighted by molar-refractivity contribution is 4.86. The zero-order valence-corrected chi connectivity index (χ0v) is 7.25. The van der Waals surface area contributed by atoms with Crippen LogP contribution >= 0.6 is 0 Å². The van der Waals surface area contributed by atoms with Crippen molar-refractivity contribution in [1.29, 1.82) is 0 Å². The van der Waals surface area contributed by atoms with Crippen molar-refractivity contribution in [3.63, 3.8) is 0 Å². The van der Waals surface area contributed by atoms with Gasteiger partial charge in [0.2, 0.25) is 0 Å². The van der Waals surface area contributed by atoms with Crippen LogP contribution in [0.2, 0.25) is 0 Å². The summed E-state index contributed by atoms with van der Waals surface area (Å²) in [4.78, 5) is 0. The van der Waals surface area contributed by atoms with Crippen molar-refractivity contribution in [2.75, 3.05) is 20.8 Å². The molecule has 0 heterocycles. The standard InChI is InChI=1S/C8H17NO2/c1-10-7-3-6(4-7)8(5-9)11-2/h6-8H,3-5,9H2,1-2H3. The molecule has 1 unspecified atom stereocenters. The first kappa shape index (κ1) is 8.97. The molecule has 1 fully saturated rings. The molecule has 3 heteroatoms. The first-order chi connectivity index (χ1) is 5.31. The van der Waals surface area contributed by atoms with Gasteiger partial charge in [-0.1, -0.05) is 0 Å². The van der Waals surface area contributed by atoms with Crippen LogP contribution in [0.5, 0.6) is 0 Å². The molecule has 0 spiro atoms. The minimum atomic E-state index is 0.237. The Morgan fingerprint density at radius 3 is 2.45 bits per heavy atom. The first-order valence-corrected chi connectivity index (χ1v) is 4.07. The summed E-state index contributed by atoms with van der Waals surface area (Å²) in [7, 11) is 3.47. The Bertz CT molecular complexity index is 109. The number of ether oxygens (including phenoxy) is 2. The molecule has 11 heavy (non-hydrogen) atoms. The summed E-state index contributed by atoms with van der Waals surface area (Å²) in [5.41, 5.74) is 5.51. The van der Waals surface area contributed by atoms with Crippen LogP contribution in [0.3, 0.4) is 0 Å². The number of hydrogen-bond donors (Lipinski definition) is 1. The fourth-order valence-corrected chi connectivity index (χ4v) is 1.58. The van der Waals surface area contributed by atoms with E-state index in [1.807, 2.05) is 0 Å². The number of nitrogens with two attached hydrogens (primary N) is 1. The summed E-state index contributed by atoms with van der Waals surface area (Å²) in [6, 6.07) is 0. The van der Waals surface area contributed by atoms with E-state index in [1.54, 1.807) is 14.2 Å². The van der Waals surface area contributed by atoms with Gasteiger partial charge in [-0.05, 0) is 18.8 Å². The largest absolute Gasteiger partial charge is 0.381 e. The topological polar surface area (TPSA) is 44.5 Å². The van der Waals surface area contributed by atoms with Gasteiger partial charge in [0.1, 0.15) is 0 Å². The molecule has 0 aromatic heterocycles. The molecule has 2 N–H and O–H groups in total. The van der Waals surface area contributed by atoms with Gasteiger partial charge in [-0.3, -0.25) is 0 Å². The van der Waals surface area contributed by atoms with Crippen LogP contribution in [0.15, 0.2) is 0 Å². The molecule has 0 radical (unpaired) electrons. The van der Waals surface area contributed by atoms with Crippen LogP contribution in [0.4, 0.5) is 0 Å². The molecule has 0 aliphatic heterocycles. The Hall–Kier alpha value is -0.120. The minimum absolute atomic E-state index is 0.237. The SMILES string of the molecule is COC1CC(C(CN)OC)C1. The zero-order valence-electron chi connectivity index (χ0n) is 7.25. The van der Waals surface area contributed by atoms with Crippen molar-refractivity contribution in [1.82, 2.24) is 0 Å². The third kappa shape index (κ3) is 1.92. The van der Waals surface area contributed by atoms with Gasteiger partial charge in [0, 0.05) is 20.8 Å². The maximum Gasteiger partial charge on any atom is 0.0723 e. The van der Waals surface area contributed by atoms with Crippen LogP contribution in [0.1, 0.15) is 12.8 Å². The van der Waals surface area contributed by atoms with Crippen LogP contribution in [-0.4, -0.2) is 33.0 Å². The molecule has 1 rings (SSSR count). The van der Waals surface area contributed by atoms with E-state index >= 15 is 0 Å². The molecule has 66 valence electrons. The Morgan fingerprint density at radius 1 is 1.45 bits per heavy atom. The second-order valence-corrected chi connectivity index (χ2v) is 3.10. The van der Waals surface area contributed by atoms with Crippen LogP contribution in [-0.2, 0) is 9.47 Å². The molecule has 0 aromatic carbocycles. The number of methoxy groups -OCH3 is 2. The molecule has 1 atom stereocenters. The molecule has 0 amide bonds. The Labute approximate surface area is 67.9 Å². The van der Waals surface area contributed by atoms with Crippen LogP contribution in [0, 0.1) is 5.92 Å². The number of rotatable bonds is 4. The molecule has 1 aliphatic carbocycles. The van der Waals surface area contributed by atoms with Crippen LogP contribution in [0.25, 0.3) is 0 Å². The average molecular weight is 159 g/mol. The van der Waals surface area contributed by atoms with E-state index in [0.29, 0.717) is 18.6 Å². The van der Waals surface area contributed by atoms with Gasteiger partial charge in [-0.2, -0.15) is 0 Å². The van der Waals surface area contributed by atoms with Gasteiger partial charge in [0.15, 0.2) is 0 Å². The van der Waals surface area contributed by atoms with Gasteiger partial charge >= 0.3 is 0 Å². The van der Waals surface area contributed by atoms with Gasteiger partial charge in [-0.25, -0.2) is 0 Å². The molecular weight excluding hydrogens is 142 g/mol. The summed E-state index contributed by atoms with van der Waals surface area (Å²) in [5, 5.41) is 0. The molecular formula is C8H17NO2. The van der Waals surface area contributed by atoms with E-state index in [4.69, 9.17) is 15.2 Å². The fourth-order valence-electron chi connectivity index (χ4n) is 1.58. The second kappa shape index (κ2) is 4.04. The van der Waals surface area contributed by atoms with E-state index in [2.05, 4.69) is 0 Å². The highest BCUT2D eigenvalue weighted by Gasteiger charge is 2.34. The second-order valence-electron chi connectivity index (χ2n) is 3.10. The lowest BCUT2D eigenvalue weighted by atomic mass is 9.78. The summed E-state index contributed by atoms with van der Waals surface area (Å²) >= 11 is 0. The molecule has 0 aromatic rings. The highest BCUT2D eigenvalue weighted by atomic mass is 16.5. The lowest BCUT2D eigenvalue weighted by Gasteiger charge is -2.38. The van der Waals surface area contributed by atoms with Crippen molar-refractivity contribution in [3.8, 4) is 0 Å². The van der Waals surface area contributed by atoms with Gasteiger partial charge in [0.05, 0.1) is 12.2 Å². The van der Waals surface area contributed by atoms with Crippen molar-refractivity contribution >= 4 is 0 Å². The Morgan fingerprint density at radius 2 is 2.09 bits per heavy atom. The third-order valence-corrected chi connectivity index (χ3v) is 2.53. The van der Waals surface area contributed by atoms with Crippen LogP contribution < -0.4 is 5.73 Å². The van der Waals surface area contributed by atoms with Crippen molar-refractivity contribution < 1.29 is 9.47 Å². The molecule has 0 bridgehead atoms. The maximum absolute atomic E-state index is 5.51. The van der Waals surface area contributed by atoms with Crippen molar-refractivity contribution in [3.05, 3.63) is 0 Å². The quantitative estimate of drug-likeness (QED) is 0.645. The lowest BCUT2D eigenvalue weighted by molar-refractivity contribution is -0.0603. The zero-order chi connectivity index (χ0) is 8.27. The van der Waals surface area contributed by atoms with E-state index in [0.717, 1.165) is 12.8 Å². The van der Waals surface area contributed by atoms with E-state index in [9.17, 15) is 0 Å². The van der Waals surface area contributed by atoms with Gasteiger partial charge in [0.25, 0.3) is 0 Å². The summed E-state index contributed by atoms with van der Waals surface area (Å²) in [5.74, 6) is 0.620. The van der Waals surface area contributed by atoms with Gasteiger partial charge < -0.3 is 15.2 Å². The summed E-state index contributed by atoms with van der Waals surface area (Å²) in [6.07, 6.45) is 2.89. The fraction of sp³-hybridized carbons (Fsp3) is 1.00. The normalized spacial score (nSPS) is 33.0. The maximum atomic E-state index is 5.51. The monoisotopic (exact) mass is 159 g/mol. The average Bonchev–Trinajstić information content (AvgIpc) is 1.95. The van der Waals surface area contributed by atoms with Crippen molar-refractivity contribution in [2.24, 2.45) is 11.7 Å². The third-order valence-electron chi connectivity index (χ3n) is 2.53. The lowest BCUT2D eigenvalue weighted by Crippen LogP contribution is -2.42. The minimum Gasteiger partial charge on any atom is -0.381 e.